The van der Waals surface area contributed by atoms with Gasteiger partial charge >= 0.3 is 12.1 Å². The van der Waals surface area contributed by atoms with Crippen LogP contribution in [0.15, 0.2) is 28.7 Å². The molecule has 0 aromatic heterocycles. The summed E-state index contributed by atoms with van der Waals surface area (Å²) in [6, 6.07) is 6.70. The number of benzene rings is 1. The minimum absolute atomic E-state index is 0.457. The molecule has 0 aliphatic rings. The fourth-order valence-electron chi connectivity index (χ4n) is 1.54. The predicted molar refractivity (Wildman–Crippen MR) is 78.5 cm³/mol. The maximum absolute atomic E-state index is 11.8. The van der Waals surface area contributed by atoms with E-state index in [9.17, 15) is 14.7 Å². The van der Waals surface area contributed by atoms with Gasteiger partial charge in [-0.05, 0) is 45.4 Å². The lowest BCUT2D eigenvalue weighted by Crippen LogP contribution is -2.51. The molecular formula is C14H18BrNO4. The zero-order valence-corrected chi connectivity index (χ0v) is 13.4. The van der Waals surface area contributed by atoms with E-state index in [0.29, 0.717) is 5.56 Å². The number of aliphatic carboxylic acids is 1. The van der Waals surface area contributed by atoms with E-state index >= 15 is 0 Å². The Balaban J connectivity index is 3.01. The first-order valence-corrected chi connectivity index (χ1v) is 6.84. The maximum atomic E-state index is 11.8. The van der Waals surface area contributed by atoms with E-state index in [4.69, 9.17) is 4.74 Å². The fourth-order valence-corrected chi connectivity index (χ4v) is 1.80. The van der Waals surface area contributed by atoms with Crippen molar-refractivity contribution in [1.82, 2.24) is 5.32 Å². The van der Waals surface area contributed by atoms with Gasteiger partial charge in [0.2, 0.25) is 0 Å². The number of alkyl carbamates (subject to hydrolysis) is 1. The summed E-state index contributed by atoms with van der Waals surface area (Å²) in [6.45, 7) is 6.56. The summed E-state index contributed by atoms with van der Waals surface area (Å²) in [4.78, 5) is 23.3. The first-order chi connectivity index (χ1) is 9.04. The van der Waals surface area contributed by atoms with E-state index in [1.54, 1.807) is 45.0 Å². The monoisotopic (exact) mass is 343 g/mol. The van der Waals surface area contributed by atoms with Gasteiger partial charge in [-0.25, -0.2) is 9.59 Å². The summed E-state index contributed by atoms with van der Waals surface area (Å²) >= 11 is 3.28. The van der Waals surface area contributed by atoms with Crippen molar-refractivity contribution in [2.75, 3.05) is 0 Å². The molecule has 1 rings (SSSR count). The highest BCUT2D eigenvalue weighted by atomic mass is 79.9. The Hall–Kier alpha value is -1.56. The Bertz CT molecular complexity index is 507. The van der Waals surface area contributed by atoms with Crippen LogP contribution in [0.1, 0.15) is 33.3 Å². The Morgan fingerprint density at radius 3 is 2.05 bits per heavy atom. The highest BCUT2D eigenvalue weighted by Gasteiger charge is 2.38. The molecule has 1 aromatic rings. The van der Waals surface area contributed by atoms with Gasteiger partial charge in [0.1, 0.15) is 5.60 Å². The molecular weight excluding hydrogens is 326 g/mol. The largest absolute Gasteiger partial charge is 0.479 e. The highest BCUT2D eigenvalue weighted by Crippen LogP contribution is 2.24. The molecule has 0 bridgehead atoms. The molecule has 0 saturated carbocycles. The Morgan fingerprint density at radius 2 is 1.65 bits per heavy atom. The van der Waals surface area contributed by atoms with Gasteiger partial charge in [-0.1, -0.05) is 28.1 Å². The van der Waals surface area contributed by atoms with Crippen molar-refractivity contribution in [2.24, 2.45) is 0 Å². The maximum Gasteiger partial charge on any atom is 0.408 e. The van der Waals surface area contributed by atoms with Crippen LogP contribution >= 0.6 is 15.9 Å². The molecule has 0 aliphatic heterocycles. The van der Waals surface area contributed by atoms with Crippen LogP contribution in [0.2, 0.25) is 0 Å². The molecule has 6 heteroatoms. The third-order valence-electron chi connectivity index (χ3n) is 2.60. The van der Waals surface area contributed by atoms with Gasteiger partial charge in [0.15, 0.2) is 5.54 Å². The molecule has 0 heterocycles. The number of carbonyl (C=O) groups is 2. The van der Waals surface area contributed by atoms with Gasteiger partial charge in [-0.3, -0.25) is 0 Å². The van der Waals surface area contributed by atoms with Crippen molar-refractivity contribution in [3.63, 3.8) is 0 Å². The van der Waals surface area contributed by atoms with E-state index < -0.39 is 23.2 Å². The number of halogens is 1. The second-order valence-corrected chi connectivity index (χ2v) is 6.48. The van der Waals surface area contributed by atoms with Crippen LogP contribution in [0.25, 0.3) is 0 Å². The van der Waals surface area contributed by atoms with E-state index in [-0.39, 0.29) is 0 Å². The third kappa shape index (κ3) is 4.23. The van der Waals surface area contributed by atoms with Crippen molar-refractivity contribution in [1.29, 1.82) is 0 Å². The van der Waals surface area contributed by atoms with Gasteiger partial charge in [-0.2, -0.15) is 0 Å². The Morgan fingerprint density at radius 1 is 1.15 bits per heavy atom. The van der Waals surface area contributed by atoms with Crippen molar-refractivity contribution < 1.29 is 19.4 Å². The highest BCUT2D eigenvalue weighted by molar-refractivity contribution is 9.10. The lowest BCUT2D eigenvalue weighted by atomic mass is 9.92. The zero-order chi connectivity index (χ0) is 15.6. The molecule has 2 N–H and O–H groups in total. The Kier molecular flexibility index (Phi) is 4.81. The number of hydrogen-bond acceptors (Lipinski definition) is 3. The van der Waals surface area contributed by atoms with E-state index in [1.165, 1.54) is 6.92 Å². The van der Waals surface area contributed by atoms with Gasteiger partial charge < -0.3 is 15.2 Å². The molecule has 0 radical (unpaired) electrons. The van der Waals surface area contributed by atoms with Crippen LogP contribution < -0.4 is 5.32 Å². The predicted octanol–water partition coefficient (Wildman–Crippen LogP) is 3.27. The zero-order valence-electron chi connectivity index (χ0n) is 11.9. The molecule has 0 fully saturated rings. The number of carbonyl (C=O) groups excluding carboxylic acids is 1. The summed E-state index contributed by atoms with van der Waals surface area (Å²) in [5.74, 6) is -1.16. The molecule has 110 valence electrons. The first-order valence-electron chi connectivity index (χ1n) is 6.05. The summed E-state index contributed by atoms with van der Waals surface area (Å²) in [7, 11) is 0. The van der Waals surface area contributed by atoms with E-state index in [0.717, 1.165) is 4.47 Å². The Labute approximate surface area is 126 Å². The number of carboxylic acids is 1. The number of ether oxygens (including phenoxy) is 1. The number of hydrogen-bond donors (Lipinski definition) is 2. The number of rotatable bonds is 3. The van der Waals surface area contributed by atoms with Crippen molar-refractivity contribution >= 4 is 28.0 Å². The molecule has 1 amide bonds. The topological polar surface area (TPSA) is 75.6 Å². The average molecular weight is 344 g/mol. The lowest BCUT2D eigenvalue weighted by molar-refractivity contribution is -0.144. The van der Waals surface area contributed by atoms with Gasteiger partial charge in [-0.15, -0.1) is 0 Å². The standard InChI is InChI=1S/C14H18BrNO4/c1-13(2,3)20-12(19)16-14(4,11(17)18)9-5-7-10(15)8-6-9/h5-8H,1-4H3,(H,16,19)(H,17,18)/t14-/m1/s1. The number of nitrogens with one attached hydrogen (secondary N) is 1. The third-order valence-corrected chi connectivity index (χ3v) is 3.13. The molecule has 0 spiro atoms. The van der Waals surface area contributed by atoms with Crippen LogP contribution in [-0.4, -0.2) is 22.8 Å². The lowest BCUT2D eigenvalue weighted by Gasteiger charge is -2.28. The quantitative estimate of drug-likeness (QED) is 0.882. The van der Waals surface area contributed by atoms with Crippen molar-refractivity contribution in [2.45, 2.75) is 38.8 Å². The van der Waals surface area contributed by atoms with Gasteiger partial charge in [0.05, 0.1) is 0 Å². The second-order valence-electron chi connectivity index (χ2n) is 5.56. The average Bonchev–Trinajstić information content (AvgIpc) is 2.26. The molecule has 5 nitrogen and oxygen atoms in total. The SMILES string of the molecule is CC(C)(C)OC(=O)N[C@@](C)(C(=O)O)c1ccc(Br)cc1. The van der Waals surface area contributed by atoms with Crippen LogP contribution in [0.4, 0.5) is 4.79 Å². The summed E-state index contributed by atoms with van der Waals surface area (Å²) in [5, 5.41) is 11.8. The van der Waals surface area contributed by atoms with Crippen LogP contribution in [-0.2, 0) is 15.1 Å². The minimum atomic E-state index is -1.55. The van der Waals surface area contributed by atoms with Crippen LogP contribution in [0.5, 0.6) is 0 Å². The number of carboxylic acid groups (broad SMARTS) is 1. The van der Waals surface area contributed by atoms with Gasteiger partial charge in [0, 0.05) is 4.47 Å². The summed E-state index contributed by atoms with van der Waals surface area (Å²) < 4.78 is 5.93. The molecule has 0 aliphatic carbocycles. The van der Waals surface area contributed by atoms with Crippen LogP contribution in [0, 0.1) is 0 Å². The molecule has 0 unspecified atom stereocenters. The van der Waals surface area contributed by atoms with Gasteiger partial charge in [0.25, 0.3) is 0 Å². The molecule has 0 saturated heterocycles. The molecule has 1 aromatic carbocycles. The van der Waals surface area contributed by atoms with E-state index in [1.807, 2.05) is 0 Å². The van der Waals surface area contributed by atoms with Crippen molar-refractivity contribution in [3.05, 3.63) is 34.3 Å². The smallest absolute Gasteiger partial charge is 0.408 e. The molecule has 20 heavy (non-hydrogen) atoms. The summed E-state index contributed by atoms with van der Waals surface area (Å²) in [6.07, 6.45) is -0.773. The van der Waals surface area contributed by atoms with E-state index in [2.05, 4.69) is 21.2 Å². The summed E-state index contributed by atoms with van der Waals surface area (Å²) in [5.41, 5.74) is -1.79. The molecule has 1 atom stereocenters. The van der Waals surface area contributed by atoms with Crippen molar-refractivity contribution in [3.8, 4) is 0 Å². The normalized spacial score (nSPS) is 14.2. The fraction of sp³-hybridized carbons (Fsp3) is 0.429. The number of amides is 1. The minimum Gasteiger partial charge on any atom is -0.479 e. The second kappa shape index (κ2) is 5.83. The van der Waals surface area contributed by atoms with Crippen LogP contribution in [0.3, 0.4) is 0 Å². The first kappa shape index (κ1) is 16.5.